The average molecular weight is 261 g/mol. The summed E-state index contributed by atoms with van der Waals surface area (Å²) in [5.74, 6) is 0. The predicted octanol–water partition coefficient (Wildman–Crippen LogP) is 2.32. The van der Waals surface area contributed by atoms with Crippen molar-refractivity contribution in [1.82, 2.24) is 9.78 Å². The van der Waals surface area contributed by atoms with Crippen LogP contribution in [-0.4, -0.2) is 9.78 Å². The van der Waals surface area contributed by atoms with E-state index < -0.39 is 0 Å². The molecule has 0 atom stereocenters. The molecule has 0 radical (unpaired) electrons. The van der Waals surface area contributed by atoms with Gasteiger partial charge in [-0.15, -0.1) is 0 Å². The van der Waals surface area contributed by atoms with Crippen molar-refractivity contribution in [2.45, 2.75) is 6.54 Å². The Morgan fingerprint density at radius 1 is 1.15 bits per heavy atom. The zero-order valence-corrected chi connectivity index (χ0v) is 10.7. The number of para-hydroxylation sites is 1. The van der Waals surface area contributed by atoms with Crippen LogP contribution in [0.15, 0.2) is 59.5 Å². The number of fused-ring (bicyclic) bond motifs is 1. The highest BCUT2D eigenvalue weighted by Crippen LogP contribution is 2.11. The second kappa shape index (κ2) is 4.98. The molecule has 0 unspecified atom stereocenters. The highest BCUT2D eigenvalue weighted by molar-refractivity contribution is 5.77. The molecule has 20 heavy (non-hydrogen) atoms. The molecule has 0 saturated heterocycles. The van der Waals surface area contributed by atoms with Gasteiger partial charge in [0.05, 0.1) is 29.9 Å². The number of benzene rings is 2. The van der Waals surface area contributed by atoms with Crippen LogP contribution in [0.1, 0.15) is 11.1 Å². The van der Waals surface area contributed by atoms with Crippen molar-refractivity contribution in [2.24, 2.45) is 0 Å². The van der Waals surface area contributed by atoms with Crippen molar-refractivity contribution in [1.29, 1.82) is 5.26 Å². The van der Waals surface area contributed by atoms with Crippen LogP contribution in [0, 0.1) is 11.3 Å². The van der Waals surface area contributed by atoms with Crippen LogP contribution in [0.4, 0.5) is 0 Å². The molecule has 0 aliphatic heterocycles. The van der Waals surface area contributed by atoms with Crippen molar-refractivity contribution in [3.8, 4) is 6.07 Å². The number of nitrogens with zero attached hydrogens (tertiary/aromatic N) is 3. The molecule has 96 valence electrons. The minimum absolute atomic E-state index is 0.0809. The maximum absolute atomic E-state index is 11.8. The standard InChI is InChI=1S/C16H11N3O/c17-9-12-4-3-5-13(8-12)11-19-15-7-2-1-6-14(15)16(20)10-18-19/h1-8,10H,11H2. The van der Waals surface area contributed by atoms with Crippen molar-refractivity contribution < 1.29 is 0 Å². The fourth-order valence-electron chi connectivity index (χ4n) is 2.20. The minimum atomic E-state index is -0.0809. The summed E-state index contributed by atoms with van der Waals surface area (Å²) in [4.78, 5) is 11.8. The van der Waals surface area contributed by atoms with Gasteiger partial charge >= 0.3 is 0 Å². The van der Waals surface area contributed by atoms with Gasteiger partial charge in [-0.3, -0.25) is 9.48 Å². The topological polar surface area (TPSA) is 58.7 Å². The van der Waals surface area contributed by atoms with E-state index in [1.165, 1.54) is 6.20 Å². The zero-order chi connectivity index (χ0) is 13.9. The normalized spacial score (nSPS) is 10.3. The maximum Gasteiger partial charge on any atom is 0.207 e. The Labute approximate surface area is 115 Å². The highest BCUT2D eigenvalue weighted by atomic mass is 16.1. The van der Waals surface area contributed by atoms with Crippen LogP contribution in [0.3, 0.4) is 0 Å². The van der Waals surface area contributed by atoms with E-state index in [0.717, 1.165) is 11.1 Å². The Morgan fingerprint density at radius 3 is 2.85 bits per heavy atom. The van der Waals surface area contributed by atoms with Gasteiger partial charge in [-0.25, -0.2) is 0 Å². The molecule has 0 fully saturated rings. The first-order valence-electron chi connectivity index (χ1n) is 6.22. The first-order chi connectivity index (χ1) is 9.78. The Morgan fingerprint density at radius 2 is 2.00 bits per heavy atom. The van der Waals surface area contributed by atoms with Crippen LogP contribution in [0.2, 0.25) is 0 Å². The number of hydrogen-bond donors (Lipinski definition) is 0. The first-order valence-corrected chi connectivity index (χ1v) is 6.22. The van der Waals surface area contributed by atoms with Gasteiger partial charge in [-0.2, -0.15) is 10.4 Å². The average Bonchev–Trinajstić information content (AvgIpc) is 2.51. The van der Waals surface area contributed by atoms with Gasteiger partial charge in [0.25, 0.3) is 0 Å². The summed E-state index contributed by atoms with van der Waals surface area (Å²) in [6, 6.07) is 16.9. The molecule has 2 aromatic carbocycles. The second-order valence-electron chi connectivity index (χ2n) is 4.50. The molecular weight excluding hydrogens is 250 g/mol. The fraction of sp³-hybridized carbons (Fsp3) is 0.0625. The molecule has 0 amide bonds. The molecule has 4 heteroatoms. The van der Waals surface area contributed by atoms with E-state index in [9.17, 15) is 4.79 Å². The van der Waals surface area contributed by atoms with E-state index in [1.54, 1.807) is 16.8 Å². The lowest BCUT2D eigenvalue weighted by molar-refractivity contribution is 0.694. The Kier molecular flexibility index (Phi) is 3.02. The number of hydrogen-bond acceptors (Lipinski definition) is 3. The lowest BCUT2D eigenvalue weighted by Gasteiger charge is -2.09. The maximum atomic E-state index is 11.8. The summed E-state index contributed by atoms with van der Waals surface area (Å²) in [6.45, 7) is 0.524. The van der Waals surface area contributed by atoms with Gasteiger partial charge in [0.2, 0.25) is 5.43 Å². The van der Waals surface area contributed by atoms with Crippen LogP contribution in [0.25, 0.3) is 10.9 Å². The summed E-state index contributed by atoms with van der Waals surface area (Å²) < 4.78 is 1.77. The van der Waals surface area contributed by atoms with Crippen LogP contribution >= 0.6 is 0 Å². The molecule has 0 saturated carbocycles. The van der Waals surface area contributed by atoms with Gasteiger partial charge in [0, 0.05) is 5.39 Å². The molecular formula is C16H11N3O. The fourth-order valence-corrected chi connectivity index (χ4v) is 2.20. The van der Waals surface area contributed by atoms with E-state index >= 15 is 0 Å². The highest BCUT2D eigenvalue weighted by Gasteiger charge is 2.04. The molecule has 1 aromatic heterocycles. The third-order valence-corrected chi connectivity index (χ3v) is 3.15. The molecule has 0 aliphatic rings. The Bertz CT molecular complexity index is 875. The molecule has 3 rings (SSSR count). The van der Waals surface area contributed by atoms with E-state index in [4.69, 9.17) is 5.26 Å². The summed E-state index contributed by atoms with van der Waals surface area (Å²) >= 11 is 0. The van der Waals surface area contributed by atoms with Gasteiger partial charge in [0.1, 0.15) is 0 Å². The molecule has 1 heterocycles. The van der Waals surface area contributed by atoms with E-state index in [2.05, 4.69) is 11.2 Å². The molecule has 3 aromatic rings. The first kappa shape index (κ1) is 12.1. The monoisotopic (exact) mass is 261 g/mol. The van der Waals surface area contributed by atoms with Crippen LogP contribution in [0.5, 0.6) is 0 Å². The Balaban J connectivity index is 2.09. The largest absolute Gasteiger partial charge is 0.287 e. The Hall–Kier alpha value is -2.93. The van der Waals surface area contributed by atoms with Gasteiger partial charge < -0.3 is 0 Å². The van der Waals surface area contributed by atoms with Gasteiger partial charge in [-0.05, 0) is 29.8 Å². The molecule has 4 nitrogen and oxygen atoms in total. The van der Waals surface area contributed by atoms with Crippen molar-refractivity contribution in [3.63, 3.8) is 0 Å². The number of nitriles is 1. The molecule has 0 spiro atoms. The minimum Gasteiger partial charge on any atom is -0.287 e. The van der Waals surface area contributed by atoms with Crippen molar-refractivity contribution in [2.75, 3.05) is 0 Å². The second-order valence-corrected chi connectivity index (χ2v) is 4.50. The summed E-state index contributed by atoms with van der Waals surface area (Å²) in [6.07, 6.45) is 1.33. The lowest BCUT2D eigenvalue weighted by atomic mass is 10.1. The molecule has 0 N–H and O–H groups in total. The quantitative estimate of drug-likeness (QED) is 0.711. The summed E-state index contributed by atoms with van der Waals surface area (Å²) in [5.41, 5.74) is 2.31. The third-order valence-electron chi connectivity index (χ3n) is 3.15. The van der Waals surface area contributed by atoms with Crippen LogP contribution in [-0.2, 0) is 6.54 Å². The van der Waals surface area contributed by atoms with E-state index in [0.29, 0.717) is 17.5 Å². The van der Waals surface area contributed by atoms with E-state index in [1.807, 2.05) is 36.4 Å². The summed E-state index contributed by atoms with van der Waals surface area (Å²) in [7, 11) is 0. The van der Waals surface area contributed by atoms with Crippen LogP contribution < -0.4 is 5.43 Å². The smallest absolute Gasteiger partial charge is 0.207 e. The molecule has 0 bridgehead atoms. The SMILES string of the molecule is N#Cc1cccc(Cn2ncc(=O)c3ccccc32)c1. The third kappa shape index (κ3) is 2.17. The van der Waals surface area contributed by atoms with Crippen molar-refractivity contribution >= 4 is 10.9 Å². The van der Waals surface area contributed by atoms with Gasteiger partial charge in [-0.1, -0.05) is 24.3 Å². The predicted molar refractivity (Wildman–Crippen MR) is 76.3 cm³/mol. The van der Waals surface area contributed by atoms with Crippen molar-refractivity contribution in [3.05, 3.63) is 76.1 Å². The van der Waals surface area contributed by atoms with Gasteiger partial charge in [0.15, 0.2) is 0 Å². The number of aromatic nitrogens is 2. The number of rotatable bonds is 2. The lowest BCUT2D eigenvalue weighted by Crippen LogP contribution is -2.12. The summed E-state index contributed by atoms with van der Waals surface area (Å²) in [5, 5.41) is 13.8. The zero-order valence-electron chi connectivity index (χ0n) is 10.7. The van der Waals surface area contributed by atoms with E-state index in [-0.39, 0.29) is 5.43 Å². The molecule has 0 aliphatic carbocycles.